The van der Waals surface area contributed by atoms with Crippen molar-refractivity contribution in [1.29, 1.82) is 0 Å². The van der Waals surface area contributed by atoms with Crippen molar-refractivity contribution in [2.75, 3.05) is 12.4 Å². The Labute approximate surface area is 151 Å². The molecule has 2 rings (SSSR count). The molecule has 26 heavy (non-hydrogen) atoms. The molecule has 1 N–H and O–H groups in total. The number of amides is 1. The lowest BCUT2D eigenvalue weighted by Gasteiger charge is -2.19. The molecule has 0 fully saturated rings. The standard InChI is InChI=1S/C20H20FNO4/c1-20(2,19(25)26-3)18(24)10-13-4-6-14(7-5-13)15-8-9-17(22-12-23)16(21)11-15/h4-9,11-12H,10H2,1-3H3,(H,22,23). The number of methoxy groups -OCH3 is 1. The zero-order chi connectivity index (χ0) is 19.3. The van der Waals surface area contributed by atoms with Gasteiger partial charge in [-0.1, -0.05) is 30.3 Å². The highest BCUT2D eigenvalue weighted by Gasteiger charge is 2.36. The normalized spacial score (nSPS) is 10.9. The van der Waals surface area contributed by atoms with Gasteiger partial charge in [0.05, 0.1) is 12.8 Å². The van der Waals surface area contributed by atoms with Crippen LogP contribution in [0.15, 0.2) is 42.5 Å². The topological polar surface area (TPSA) is 72.5 Å². The molecule has 136 valence electrons. The number of carbonyl (C=O) groups excluding carboxylic acids is 3. The highest BCUT2D eigenvalue weighted by Crippen LogP contribution is 2.26. The van der Waals surface area contributed by atoms with Gasteiger partial charge in [-0.2, -0.15) is 0 Å². The van der Waals surface area contributed by atoms with E-state index >= 15 is 0 Å². The van der Waals surface area contributed by atoms with E-state index < -0.39 is 17.2 Å². The van der Waals surface area contributed by atoms with Gasteiger partial charge in [-0.15, -0.1) is 0 Å². The summed E-state index contributed by atoms with van der Waals surface area (Å²) < 4.78 is 18.6. The van der Waals surface area contributed by atoms with Gasteiger partial charge in [0.15, 0.2) is 5.78 Å². The number of halogens is 1. The van der Waals surface area contributed by atoms with Crippen LogP contribution < -0.4 is 5.32 Å². The first-order valence-corrected chi connectivity index (χ1v) is 8.00. The van der Waals surface area contributed by atoms with Crippen LogP contribution in [0.4, 0.5) is 10.1 Å². The third kappa shape index (κ3) is 4.14. The SMILES string of the molecule is COC(=O)C(C)(C)C(=O)Cc1ccc(-c2ccc(NC=O)c(F)c2)cc1. The first-order chi connectivity index (χ1) is 12.3. The molecule has 0 spiro atoms. The summed E-state index contributed by atoms with van der Waals surface area (Å²) in [5, 5.41) is 2.28. The summed E-state index contributed by atoms with van der Waals surface area (Å²) >= 11 is 0. The lowest BCUT2D eigenvalue weighted by Crippen LogP contribution is -2.35. The van der Waals surface area contributed by atoms with Crippen LogP contribution in [0.3, 0.4) is 0 Å². The molecule has 5 nitrogen and oxygen atoms in total. The molecule has 6 heteroatoms. The minimum atomic E-state index is -1.21. The lowest BCUT2D eigenvalue weighted by atomic mass is 9.84. The molecule has 2 aromatic carbocycles. The number of rotatable bonds is 7. The van der Waals surface area contributed by atoms with Crippen molar-refractivity contribution in [3.05, 3.63) is 53.8 Å². The van der Waals surface area contributed by atoms with Gasteiger partial charge in [0.25, 0.3) is 0 Å². The van der Waals surface area contributed by atoms with Crippen LogP contribution >= 0.6 is 0 Å². The minimum Gasteiger partial charge on any atom is -0.468 e. The van der Waals surface area contributed by atoms with E-state index in [1.54, 1.807) is 30.3 Å². The third-order valence-electron chi connectivity index (χ3n) is 4.23. The molecule has 0 atom stereocenters. The van der Waals surface area contributed by atoms with Crippen molar-refractivity contribution in [1.82, 2.24) is 0 Å². The Hall–Kier alpha value is -3.02. The number of ketones is 1. The molecule has 0 aliphatic carbocycles. The fourth-order valence-electron chi connectivity index (χ4n) is 2.47. The van der Waals surface area contributed by atoms with Gasteiger partial charge < -0.3 is 10.1 Å². The van der Waals surface area contributed by atoms with Crippen LogP contribution in [0.1, 0.15) is 19.4 Å². The second-order valence-corrected chi connectivity index (χ2v) is 6.37. The number of anilines is 1. The molecule has 0 saturated heterocycles. The highest BCUT2D eigenvalue weighted by atomic mass is 19.1. The zero-order valence-electron chi connectivity index (χ0n) is 14.8. The van der Waals surface area contributed by atoms with Gasteiger partial charge in [0.1, 0.15) is 11.2 Å². The molecule has 0 aromatic heterocycles. The largest absolute Gasteiger partial charge is 0.468 e. The Bertz CT molecular complexity index is 828. The van der Waals surface area contributed by atoms with Gasteiger partial charge in [-0.05, 0) is 42.7 Å². The smallest absolute Gasteiger partial charge is 0.318 e. The fraction of sp³-hybridized carbons (Fsp3) is 0.250. The Morgan fingerprint density at radius 2 is 1.73 bits per heavy atom. The van der Waals surface area contributed by atoms with E-state index in [9.17, 15) is 18.8 Å². The van der Waals surface area contributed by atoms with E-state index in [-0.39, 0.29) is 17.9 Å². The molecule has 1 amide bonds. The van der Waals surface area contributed by atoms with E-state index in [2.05, 4.69) is 10.1 Å². The van der Waals surface area contributed by atoms with Crippen molar-refractivity contribution in [2.24, 2.45) is 5.41 Å². The zero-order valence-corrected chi connectivity index (χ0v) is 14.8. The summed E-state index contributed by atoms with van der Waals surface area (Å²) in [5.41, 5.74) is 1.06. The average molecular weight is 357 g/mol. The number of ether oxygens (including phenoxy) is 1. The molecule has 0 heterocycles. The van der Waals surface area contributed by atoms with Crippen molar-refractivity contribution in [3.8, 4) is 11.1 Å². The molecular formula is C20H20FNO4. The van der Waals surface area contributed by atoms with E-state index in [0.717, 1.165) is 11.1 Å². The molecule has 0 unspecified atom stereocenters. The predicted octanol–water partition coefficient (Wildman–Crippen LogP) is 3.37. The Morgan fingerprint density at radius 1 is 1.12 bits per heavy atom. The van der Waals surface area contributed by atoms with Crippen LogP contribution in [0.2, 0.25) is 0 Å². The third-order valence-corrected chi connectivity index (χ3v) is 4.23. The maximum atomic E-state index is 13.9. The number of hydrogen-bond acceptors (Lipinski definition) is 4. The average Bonchev–Trinajstić information content (AvgIpc) is 2.63. The summed E-state index contributed by atoms with van der Waals surface area (Å²) in [6.07, 6.45) is 0.513. The molecule has 0 aliphatic heterocycles. The summed E-state index contributed by atoms with van der Waals surface area (Å²) in [5.74, 6) is -1.35. The van der Waals surface area contributed by atoms with E-state index in [4.69, 9.17) is 0 Å². The monoisotopic (exact) mass is 357 g/mol. The van der Waals surface area contributed by atoms with Crippen molar-refractivity contribution in [2.45, 2.75) is 20.3 Å². The van der Waals surface area contributed by atoms with E-state index in [0.29, 0.717) is 12.0 Å². The van der Waals surface area contributed by atoms with Gasteiger partial charge in [-0.25, -0.2) is 4.39 Å². The lowest BCUT2D eigenvalue weighted by molar-refractivity contribution is -0.155. The maximum Gasteiger partial charge on any atom is 0.318 e. The number of esters is 1. The van der Waals surface area contributed by atoms with E-state index in [1.165, 1.54) is 33.1 Å². The Kier molecular flexibility index (Phi) is 5.87. The second-order valence-electron chi connectivity index (χ2n) is 6.37. The first kappa shape index (κ1) is 19.3. The molecule has 0 saturated carbocycles. The van der Waals surface area contributed by atoms with Crippen molar-refractivity contribution >= 4 is 23.9 Å². The van der Waals surface area contributed by atoms with Crippen LogP contribution in [0.5, 0.6) is 0 Å². The van der Waals surface area contributed by atoms with Crippen LogP contribution in [-0.2, 0) is 25.5 Å². The number of benzene rings is 2. The summed E-state index contributed by atoms with van der Waals surface area (Å²) in [7, 11) is 1.25. The number of carbonyl (C=O) groups is 3. The Morgan fingerprint density at radius 3 is 2.27 bits per heavy atom. The predicted molar refractivity (Wildman–Crippen MR) is 96.0 cm³/mol. The number of nitrogens with one attached hydrogen (secondary N) is 1. The first-order valence-electron chi connectivity index (χ1n) is 8.00. The number of hydrogen-bond donors (Lipinski definition) is 1. The Balaban J connectivity index is 2.16. The van der Waals surface area contributed by atoms with Gasteiger partial charge in [-0.3, -0.25) is 14.4 Å². The molecule has 0 bridgehead atoms. The van der Waals surface area contributed by atoms with Crippen LogP contribution in [-0.4, -0.2) is 25.3 Å². The summed E-state index contributed by atoms with van der Waals surface area (Å²) in [6.45, 7) is 3.07. The van der Waals surface area contributed by atoms with Gasteiger partial charge >= 0.3 is 5.97 Å². The molecular weight excluding hydrogens is 337 g/mol. The van der Waals surface area contributed by atoms with Gasteiger partial charge in [0.2, 0.25) is 6.41 Å². The van der Waals surface area contributed by atoms with E-state index in [1.807, 2.05) is 0 Å². The molecule has 0 aliphatic rings. The summed E-state index contributed by atoms with van der Waals surface area (Å²) in [4.78, 5) is 34.5. The second kappa shape index (κ2) is 7.91. The quantitative estimate of drug-likeness (QED) is 0.468. The van der Waals surface area contributed by atoms with Crippen LogP contribution in [0.25, 0.3) is 11.1 Å². The summed E-state index contributed by atoms with van der Waals surface area (Å²) in [6, 6.07) is 11.6. The highest BCUT2D eigenvalue weighted by molar-refractivity contribution is 6.03. The van der Waals surface area contributed by atoms with Crippen LogP contribution in [0, 0.1) is 11.2 Å². The van der Waals surface area contributed by atoms with Crippen molar-refractivity contribution < 1.29 is 23.5 Å². The molecule has 2 aromatic rings. The fourth-order valence-corrected chi connectivity index (χ4v) is 2.47. The van der Waals surface area contributed by atoms with Crippen molar-refractivity contribution in [3.63, 3.8) is 0 Å². The maximum absolute atomic E-state index is 13.9. The minimum absolute atomic E-state index is 0.0962. The number of Topliss-reactive ketones (excluding diaryl/α,β-unsaturated/α-hetero) is 1. The van der Waals surface area contributed by atoms with Gasteiger partial charge in [0, 0.05) is 6.42 Å². The molecule has 0 radical (unpaired) electrons.